The van der Waals surface area contributed by atoms with Crippen LogP contribution in [0.2, 0.25) is 0 Å². The minimum absolute atomic E-state index is 0.0493. The summed E-state index contributed by atoms with van der Waals surface area (Å²) >= 11 is 0. The van der Waals surface area contributed by atoms with Crippen molar-refractivity contribution in [3.63, 3.8) is 0 Å². The van der Waals surface area contributed by atoms with Crippen LogP contribution in [-0.4, -0.2) is 53.9 Å². The summed E-state index contributed by atoms with van der Waals surface area (Å²) in [5, 5.41) is 7.80. The second kappa shape index (κ2) is 9.04. The summed E-state index contributed by atoms with van der Waals surface area (Å²) in [6.07, 6.45) is 4.10. The molecule has 6 nitrogen and oxygen atoms in total. The summed E-state index contributed by atoms with van der Waals surface area (Å²) in [4.78, 5) is 14.3. The highest BCUT2D eigenvalue weighted by atomic mass is 16.5. The lowest BCUT2D eigenvalue weighted by atomic mass is 9.96. The molecule has 0 radical (unpaired) electrons. The number of piperidine rings is 1. The van der Waals surface area contributed by atoms with Crippen molar-refractivity contribution >= 4 is 5.91 Å². The van der Waals surface area contributed by atoms with E-state index in [0.29, 0.717) is 19.1 Å². The molecule has 0 bridgehead atoms. The Hall–Kier alpha value is -2.34. The van der Waals surface area contributed by atoms with Crippen molar-refractivity contribution < 1.29 is 9.53 Å². The molecule has 1 atom stereocenters. The van der Waals surface area contributed by atoms with Crippen LogP contribution in [0.3, 0.4) is 0 Å². The Balaban J connectivity index is 1.51. The number of aryl methyl sites for hydroxylation is 2. The zero-order chi connectivity index (χ0) is 19.2. The van der Waals surface area contributed by atoms with Gasteiger partial charge in [-0.25, -0.2) is 0 Å². The van der Waals surface area contributed by atoms with Crippen LogP contribution >= 0.6 is 0 Å². The molecule has 1 fully saturated rings. The molecule has 27 heavy (non-hydrogen) atoms. The Bertz CT molecular complexity index is 765. The summed E-state index contributed by atoms with van der Waals surface area (Å²) in [6.45, 7) is 7.41. The molecule has 146 valence electrons. The van der Waals surface area contributed by atoms with Crippen LogP contribution in [0.5, 0.6) is 5.75 Å². The third kappa shape index (κ3) is 5.10. The van der Waals surface area contributed by atoms with Gasteiger partial charge in [0.05, 0.1) is 6.54 Å². The second-order valence-corrected chi connectivity index (χ2v) is 7.39. The minimum atomic E-state index is 0.0493. The third-order valence-corrected chi connectivity index (χ3v) is 5.20. The molecule has 1 amide bonds. The molecule has 0 saturated carbocycles. The van der Waals surface area contributed by atoms with Crippen molar-refractivity contribution in [3.8, 4) is 5.75 Å². The van der Waals surface area contributed by atoms with Crippen molar-refractivity contribution in [2.75, 3.05) is 33.3 Å². The predicted octanol–water partition coefficient (Wildman–Crippen LogP) is 2.50. The SMILES string of the molecule is Cc1ccc(C)c(OCCN(C)C(=O)Cn2nccc2[C@@H]2CCCNC2)c1. The normalized spacial score (nSPS) is 16.9. The highest BCUT2D eigenvalue weighted by Gasteiger charge is 2.20. The van der Waals surface area contributed by atoms with Gasteiger partial charge in [-0.3, -0.25) is 9.48 Å². The molecule has 1 aromatic heterocycles. The molecular weight excluding hydrogens is 340 g/mol. The van der Waals surface area contributed by atoms with E-state index in [0.717, 1.165) is 36.5 Å². The molecule has 1 aliphatic heterocycles. The summed E-state index contributed by atoms with van der Waals surface area (Å²) in [5.41, 5.74) is 3.43. The standard InChI is InChI=1S/C21H30N4O2/c1-16-6-7-17(2)20(13-16)27-12-11-24(3)21(26)15-25-19(8-10-23-25)18-5-4-9-22-14-18/h6-8,10,13,18,22H,4-5,9,11-12,14-15H2,1-3H3/t18-/m1/s1. The van der Waals surface area contributed by atoms with Gasteiger partial charge in [0, 0.05) is 31.4 Å². The number of hydrogen-bond donors (Lipinski definition) is 1. The number of likely N-dealkylation sites (N-methyl/N-ethyl adjacent to an activating group) is 1. The second-order valence-electron chi connectivity index (χ2n) is 7.39. The maximum absolute atomic E-state index is 12.6. The number of amides is 1. The summed E-state index contributed by atoms with van der Waals surface area (Å²) in [5.74, 6) is 1.37. The van der Waals surface area contributed by atoms with Gasteiger partial charge < -0.3 is 15.0 Å². The molecule has 2 heterocycles. The average molecular weight is 370 g/mol. The number of rotatable bonds is 7. The van der Waals surface area contributed by atoms with Crippen LogP contribution in [0.4, 0.5) is 0 Å². The van der Waals surface area contributed by atoms with Gasteiger partial charge in [0.1, 0.15) is 18.9 Å². The monoisotopic (exact) mass is 370 g/mol. The fourth-order valence-electron chi connectivity index (χ4n) is 3.45. The Morgan fingerprint density at radius 3 is 3.00 bits per heavy atom. The first-order valence-electron chi connectivity index (χ1n) is 9.71. The lowest BCUT2D eigenvalue weighted by molar-refractivity contribution is -0.131. The zero-order valence-electron chi connectivity index (χ0n) is 16.6. The van der Waals surface area contributed by atoms with Gasteiger partial charge in [0.15, 0.2) is 0 Å². The van der Waals surface area contributed by atoms with Crippen LogP contribution in [0, 0.1) is 13.8 Å². The number of nitrogens with one attached hydrogen (secondary N) is 1. The van der Waals surface area contributed by atoms with Gasteiger partial charge in [0.25, 0.3) is 0 Å². The third-order valence-electron chi connectivity index (χ3n) is 5.20. The topological polar surface area (TPSA) is 59.4 Å². The van der Waals surface area contributed by atoms with Crippen molar-refractivity contribution in [1.82, 2.24) is 20.0 Å². The van der Waals surface area contributed by atoms with E-state index in [2.05, 4.69) is 22.5 Å². The number of aromatic nitrogens is 2. The van der Waals surface area contributed by atoms with E-state index in [1.54, 1.807) is 11.1 Å². The first-order chi connectivity index (χ1) is 13.0. The smallest absolute Gasteiger partial charge is 0.244 e. The van der Waals surface area contributed by atoms with E-state index >= 15 is 0 Å². The maximum atomic E-state index is 12.6. The Morgan fingerprint density at radius 1 is 1.37 bits per heavy atom. The lowest BCUT2D eigenvalue weighted by Gasteiger charge is -2.24. The Morgan fingerprint density at radius 2 is 2.22 bits per heavy atom. The van der Waals surface area contributed by atoms with Gasteiger partial charge in [-0.2, -0.15) is 5.10 Å². The van der Waals surface area contributed by atoms with Crippen molar-refractivity contribution in [2.24, 2.45) is 0 Å². The highest BCUT2D eigenvalue weighted by Crippen LogP contribution is 2.23. The molecule has 1 aliphatic rings. The summed E-state index contributed by atoms with van der Waals surface area (Å²) in [7, 11) is 1.82. The van der Waals surface area contributed by atoms with E-state index in [1.807, 2.05) is 37.7 Å². The summed E-state index contributed by atoms with van der Waals surface area (Å²) < 4.78 is 7.72. The van der Waals surface area contributed by atoms with Crippen molar-refractivity contribution in [2.45, 2.75) is 39.2 Å². The molecule has 1 N–H and O–H groups in total. The lowest BCUT2D eigenvalue weighted by Crippen LogP contribution is -2.35. The van der Waals surface area contributed by atoms with Crippen LogP contribution in [0.1, 0.15) is 35.6 Å². The average Bonchev–Trinajstić information content (AvgIpc) is 3.13. The number of nitrogens with zero attached hydrogens (tertiary/aromatic N) is 3. The van der Waals surface area contributed by atoms with Gasteiger partial charge in [-0.15, -0.1) is 0 Å². The molecule has 2 aromatic rings. The largest absolute Gasteiger partial charge is 0.491 e. The Kier molecular flexibility index (Phi) is 6.50. The number of hydrogen-bond acceptors (Lipinski definition) is 4. The summed E-state index contributed by atoms with van der Waals surface area (Å²) in [6, 6.07) is 8.19. The van der Waals surface area contributed by atoms with Crippen molar-refractivity contribution in [3.05, 3.63) is 47.3 Å². The fraction of sp³-hybridized carbons (Fsp3) is 0.524. The van der Waals surface area contributed by atoms with Crippen LogP contribution in [0.25, 0.3) is 0 Å². The highest BCUT2D eigenvalue weighted by molar-refractivity contribution is 5.75. The number of carbonyl (C=O) groups is 1. The van der Waals surface area contributed by atoms with E-state index < -0.39 is 0 Å². The van der Waals surface area contributed by atoms with E-state index in [1.165, 1.54) is 12.0 Å². The number of carbonyl (C=O) groups excluding carboxylic acids is 1. The van der Waals surface area contributed by atoms with Gasteiger partial charge in [-0.1, -0.05) is 12.1 Å². The van der Waals surface area contributed by atoms with Gasteiger partial charge in [0.2, 0.25) is 5.91 Å². The van der Waals surface area contributed by atoms with Crippen LogP contribution < -0.4 is 10.1 Å². The number of benzene rings is 1. The molecule has 1 saturated heterocycles. The molecule has 1 aromatic carbocycles. The molecule has 3 rings (SSSR count). The van der Waals surface area contributed by atoms with Gasteiger partial charge in [-0.05, 0) is 56.5 Å². The maximum Gasteiger partial charge on any atom is 0.244 e. The van der Waals surface area contributed by atoms with Crippen LogP contribution in [-0.2, 0) is 11.3 Å². The first kappa shape index (κ1) is 19.4. The molecule has 0 aliphatic carbocycles. The molecule has 0 unspecified atom stereocenters. The fourth-order valence-corrected chi connectivity index (χ4v) is 3.45. The van der Waals surface area contributed by atoms with Crippen LogP contribution in [0.15, 0.2) is 30.5 Å². The van der Waals surface area contributed by atoms with E-state index in [4.69, 9.17) is 4.74 Å². The quantitative estimate of drug-likeness (QED) is 0.814. The number of ether oxygens (including phenoxy) is 1. The first-order valence-corrected chi connectivity index (χ1v) is 9.71. The van der Waals surface area contributed by atoms with E-state index in [-0.39, 0.29) is 12.5 Å². The molecular formula is C21H30N4O2. The predicted molar refractivity (Wildman–Crippen MR) is 106 cm³/mol. The molecule has 0 spiro atoms. The van der Waals surface area contributed by atoms with E-state index in [9.17, 15) is 4.79 Å². The Labute approximate surface area is 161 Å². The molecule has 6 heteroatoms. The minimum Gasteiger partial charge on any atom is -0.491 e. The zero-order valence-corrected chi connectivity index (χ0v) is 16.6. The van der Waals surface area contributed by atoms with Crippen molar-refractivity contribution in [1.29, 1.82) is 0 Å². The van der Waals surface area contributed by atoms with Gasteiger partial charge >= 0.3 is 0 Å².